The average Bonchev–Trinajstić information content (AvgIpc) is 3.26. The van der Waals surface area contributed by atoms with Gasteiger partial charge in [0.1, 0.15) is 11.3 Å². The molecule has 32 heavy (non-hydrogen) atoms. The summed E-state index contributed by atoms with van der Waals surface area (Å²) < 4.78 is 37.7. The smallest absolute Gasteiger partial charge is 0.243 e. The summed E-state index contributed by atoms with van der Waals surface area (Å²) in [5.41, 5.74) is 4.77. The lowest BCUT2D eigenvalue weighted by molar-refractivity contribution is -0.121. The highest BCUT2D eigenvalue weighted by molar-refractivity contribution is 7.89. The van der Waals surface area contributed by atoms with Crippen molar-refractivity contribution < 1.29 is 22.4 Å². The Hall–Kier alpha value is -3.01. The average molecular weight is 456 g/mol. The third-order valence-electron chi connectivity index (χ3n) is 5.30. The van der Waals surface area contributed by atoms with Gasteiger partial charge in [-0.2, -0.15) is 9.41 Å². The summed E-state index contributed by atoms with van der Waals surface area (Å²) in [6, 6.07) is 16.2. The maximum Gasteiger partial charge on any atom is 0.243 e. The van der Waals surface area contributed by atoms with Gasteiger partial charge in [-0.1, -0.05) is 30.3 Å². The second kappa shape index (κ2) is 9.64. The number of hydrogen-bond acceptors (Lipinski definition) is 6. The molecule has 168 valence electrons. The Morgan fingerprint density at radius 2 is 1.81 bits per heavy atom. The Morgan fingerprint density at radius 3 is 2.53 bits per heavy atom. The van der Waals surface area contributed by atoms with Crippen LogP contribution in [0.25, 0.3) is 11.0 Å². The first-order valence-electron chi connectivity index (χ1n) is 10.4. The second-order valence-electron chi connectivity index (χ2n) is 7.54. The van der Waals surface area contributed by atoms with Crippen LogP contribution >= 0.6 is 0 Å². The van der Waals surface area contributed by atoms with Crippen LogP contribution in [0.15, 0.2) is 69.0 Å². The number of fused-ring (bicyclic) bond motifs is 1. The molecule has 0 radical (unpaired) electrons. The number of carbonyl (C=O) groups excluding carboxylic acids is 1. The van der Waals surface area contributed by atoms with Crippen LogP contribution in [0.2, 0.25) is 0 Å². The number of rotatable bonds is 7. The fourth-order valence-corrected chi connectivity index (χ4v) is 4.85. The van der Waals surface area contributed by atoms with Crippen molar-refractivity contribution in [3.05, 3.63) is 65.9 Å². The lowest BCUT2D eigenvalue weighted by atomic mass is 10.1. The molecule has 2 heterocycles. The van der Waals surface area contributed by atoms with Gasteiger partial charge < -0.3 is 9.15 Å². The first-order chi connectivity index (χ1) is 15.4. The largest absolute Gasteiger partial charge is 0.455 e. The van der Waals surface area contributed by atoms with Gasteiger partial charge >= 0.3 is 0 Å². The number of nitrogens with zero attached hydrogens (tertiary/aromatic N) is 2. The van der Waals surface area contributed by atoms with Gasteiger partial charge in [-0.25, -0.2) is 13.8 Å². The molecule has 0 unspecified atom stereocenters. The fourth-order valence-electron chi connectivity index (χ4n) is 3.44. The summed E-state index contributed by atoms with van der Waals surface area (Å²) in [6.07, 6.45) is 0.704. The predicted octanol–water partition coefficient (Wildman–Crippen LogP) is 2.93. The third-order valence-corrected chi connectivity index (χ3v) is 7.22. The number of amides is 1. The minimum Gasteiger partial charge on any atom is -0.455 e. The zero-order chi connectivity index (χ0) is 22.6. The molecule has 1 aromatic heterocycles. The van der Waals surface area contributed by atoms with E-state index in [2.05, 4.69) is 10.5 Å². The number of benzene rings is 2. The van der Waals surface area contributed by atoms with Gasteiger partial charge in [0.2, 0.25) is 15.9 Å². The molecule has 9 heteroatoms. The summed E-state index contributed by atoms with van der Waals surface area (Å²) in [5, 5.41) is 5.10. The van der Waals surface area contributed by atoms with E-state index in [-0.39, 0.29) is 17.2 Å². The van der Waals surface area contributed by atoms with E-state index in [1.54, 1.807) is 31.2 Å². The standard InChI is InChI=1S/C23H25N3O5S/c1-17(22-16-19-4-2-3-5-21(19)31-22)24-25-23(27)11-8-18-6-9-20(10-7-18)32(28,29)26-12-14-30-15-13-26/h2-7,9-10,16H,8,11-15H2,1H3,(H,25,27)/b24-17+. The molecule has 2 aromatic carbocycles. The lowest BCUT2D eigenvalue weighted by Crippen LogP contribution is -2.40. The highest BCUT2D eigenvalue weighted by Crippen LogP contribution is 2.20. The van der Waals surface area contributed by atoms with Crippen LogP contribution in [0, 0.1) is 0 Å². The van der Waals surface area contributed by atoms with E-state index < -0.39 is 10.0 Å². The van der Waals surface area contributed by atoms with E-state index in [4.69, 9.17) is 9.15 Å². The van der Waals surface area contributed by atoms with Crippen molar-refractivity contribution in [1.29, 1.82) is 0 Å². The van der Waals surface area contributed by atoms with Crippen molar-refractivity contribution in [2.45, 2.75) is 24.7 Å². The molecule has 0 bridgehead atoms. The molecule has 1 N–H and O–H groups in total. The molecule has 4 rings (SSSR count). The summed E-state index contributed by atoms with van der Waals surface area (Å²) in [7, 11) is -3.52. The second-order valence-corrected chi connectivity index (χ2v) is 9.48. The minimum absolute atomic E-state index is 0.229. The Labute approximate surface area is 186 Å². The van der Waals surface area contributed by atoms with Crippen molar-refractivity contribution in [2.24, 2.45) is 5.10 Å². The monoisotopic (exact) mass is 455 g/mol. The number of hydrogen-bond donors (Lipinski definition) is 1. The van der Waals surface area contributed by atoms with Crippen LogP contribution in [0.1, 0.15) is 24.7 Å². The first kappa shape index (κ1) is 22.2. The van der Waals surface area contributed by atoms with Crippen LogP contribution in [0.5, 0.6) is 0 Å². The van der Waals surface area contributed by atoms with E-state index in [1.807, 2.05) is 30.3 Å². The van der Waals surface area contributed by atoms with E-state index in [0.717, 1.165) is 16.5 Å². The normalized spacial score (nSPS) is 15.7. The van der Waals surface area contributed by atoms with Gasteiger partial charge in [0.25, 0.3) is 0 Å². The van der Waals surface area contributed by atoms with Gasteiger partial charge in [-0.3, -0.25) is 4.79 Å². The number of aryl methyl sites for hydroxylation is 1. The van der Waals surface area contributed by atoms with Crippen molar-refractivity contribution in [3.63, 3.8) is 0 Å². The molecule has 8 nitrogen and oxygen atoms in total. The zero-order valence-electron chi connectivity index (χ0n) is 17.8. The van der Waals surface area contributed by atoms with Crippen molar-refractivity contribution in [2.75, 3.05) is 26.3 Å². The highest BCUT2D eigenvalue weighted by Gasteiger charge is 2.26. The fraction of sp³-hybridized carbons (Fsp3) is 0.304. The highest BCUT2D eigenvalue weighted by atomic mass is 32.2. The maximum absolute atomic E-state index is 12.7. The number of hydrazone groups is 1. The zero-order valence-corrected chi connectivity index (χ0v) is 18.6. The quantitative estimate of drug-likeness (QED) is 0.436. The molecular formula is C23H25N3O5S. The minimum atomic E-state index is -3.52. The van der Waals surface area contributed by atoms with E-state index >= 15 is 0 Å². The molecule has 1 saturated heterocycles. The van der Waals surface area contributed by atoms with Crippen LogP contribution in [-0.2, 0) is 26.0 Å². The molecule has 1 aliphatic rings. The molecule has 1 amide bonds. The Bertz CT molecular complexity index is 1190. The van der Waals surface area contributed by atoms with Crippen LogP contribution in [0.3, 0.4) is 0 Å². The summed E-state index contributed by atoms with van der Waals surface area (Å²) in [6.45, 7) is 3.30. The van der Waals surface area contributed by atoms with E-state index in [0.29, 0.717) is 44.2 Å². The van der Waals surface area contributed by atoms with Gasteiger partial charge in [0.15, 0.2) is 5.76 Å². The summed E-state index contributed by atoms with van der Waals surface area (Å²) in [5.74, 6) is 0.369. The molecule has 1 aliphatic heterocycles. The SMILES string of the molecule is C/C(=N\NC(=O)CCc1ccc(S(=O)(=O)N2CCOCC2)cc1)c1cc2ccccc2o1. The maximum atomic E-state index is 12.7. The van der Waals surface area contributed by atoms with Gasteiger partial charge in [-0.15, -0.1) is 0 Å². The number of ether oxygens (including phenoxy) is 1. The molecule has 0 saturated carbocycles. The Kier molecular flexibility index (Phi) is 6.69. The lowest BCUT2D eigenvalue weighted by Gasteiger charge is -2.26. The van der Waals surface area contributed by atoms with E-state index in [9.17, 15) is 13.2 Å². The summed E-state index contributed by atoms with van der Waals surface area (Å²) >= 11 is 0. The van der Waals surface area contributed by atoms with Crippen LogP contribution in [-0.4, -0.2) is 50.6 Å². The number of para-hydroxylation sites is 1. The number of nitrogens with one attached hydrogen (secondary N) is 1. The molecule has 0 atom stereocenters. The van der Waals surface area contributed by atoms with Crippen molar-refractivity contribution in [1.82, 2.24) is 9.73 Å². The molecule has 0 aliphatic carbocycles. The predicted molar refractivity (Wildman–Crippen MR) is 121 cm³/mol. The number of morpholine rings is 1. The van der Waals surface area contributed by atoms with Crippen LogP contribution in [0.4, 0.5) is 0 Å². The van der Waals surface area contributed by atoms with E-state index in [1.165, 1.54) is 4.31 Å². The number of furan rings is 1. The van der Waals surface area contributed by atoms with Gasteiger partial charge in [0.05, 0.1) is 18.1 Å². The van der Waals surface area contributed by atoms with Crippen LogP contribution < -0.4 is 5.43 Å². The number of carbonyl (C=O) groups is 1. The molecule has 3 aromatic rings. The Balaban J connectivity index is 1.31. The van der Waals surface area contributed by atoms with Crippen molar-refractivity contribution in [3.8, 4) is 0 Å². The summed E-state index contributed by atoms with van der Waals surface area (Å²) in [4.78, 5) is 12.4. The topological polar surface area (TPSA) is 101 Å². The number of sulfonamides is 1. The molecular weight excluding hydrogens is 430 g/mol. The van der Waals surface area contributed by atoms with Gasteiger partial charge in [0, 0.05) is 24.9 Å². The van der Waals surface area contributed by atoms with Gasteiger partial charge in [-0.05, 0) is 43.2 Å². The molecule has 0 spiro atoms. The van der Waals surface area contributed by atoms with Crippen molar-refractivity contribution >= 4 is 32.6 Å². The molecule has 1 fully saturated rings. The Morgan fingerprint density at radius 1 is 1.09 bits per heavy atom. The first-order valence-corrected chi connectivity index (χ1v) is 11.9. The third kappa shape index (κ3) is 5.07.